The van der Waals surface area contributed by atoms with E-state index in [2.05, 4.69) is 5.32 Å². The summed E-state index contributed by atoms with van der Waals surface area (Å²) in [6.45, 7) is 1.02. The van der Waals surface area contributed by atoms with Gasteiger partial charge in [0.1, 0.15) is 17.3 Å². The van der Waals surface area contributed by atoms with Crippen molar-refractivity contribution >= 4 is 5.91 Å². The van der Waals surface area contributed by atoms with Crippen LogP contribution in [0.25, 0.3) is 0 Å². The molecule has 0 spiro atoms. The molecule has 23 heavy (non-hydrogen) atoms. The minimum absolute atomic E-state index is 0.188. The molecular weight excluding hydrogens is 297 g/mol. The summed E-state index contributed by atoms with van der Waals surface area (Å²) in [4.78, 5) is 12.3. The summed E-state index contributed by atoms with van der Waals surface area (Å²) in [6, 6.07) is 11.8. The van der Waals surface area contributed by atoms with Crippen molar-refractivity contribution < 1.29 is 18.7 Å². The molecule has 1 aliphatic rings. The van der Waals surface area contributed by atoms with Gasteiger partial charge in [0.15, 0.2) is 0 Å². The van der Waals surface area contributed by atoms with Gasteiger partial charge in [-0.3, -0.25) is 4.79 Å². The quantitative estimate of drug-likeness (QED) is 0.944. The third kappa shape index (κ3) is 3.44. The molecule has 1 amide bonds. The van der Waals surface area contributed by atoms with Crippen LogP contribution in [0.3, 0.4) is 0 Å². The first-order valence-corrected chi connectivity index (χ1v) is 7.50. The highest BCUT2D eigenvalue weighted by molar-refractivity contribution is 5.96. The van der Waals surface area contributed by atoms with Crippen LogP contribution in [0.4, 0.5) is 4.39 Å². The van der Waals surface area contributed by atoms with Gasteiger partial charge in [-0.1, -0.05) is 18.2 Å². The van der Waals surface area contributed by atoms with Gasteiger partial charge in [0.2, 0.25) is 0 Å². The first-order chi connectivity index (χ1) is 11.2. The van der Waals surface area contributed by atoms with Crippen LogP contribution in [-0.2, 0) is 6.42 Å². The Bertz CT molecular complexity index is 717. The van der Waals surface area contributed by atoms with Gasteiger partial charge in [-0.05, 0) is 36.2 Å². The summed E-state index contributed by atoms with van der Waals surface area (Å²) in [7, 11) is 1.45. The number of para-hydroxylation sites is 1. The number of hydrogen-bond acceptors (Lipinski definition) is 3. The monoisotopic (exact) mass is 315 g/mol. The van der Waals surface area contributed by atoms with Crippen LogP contribution in [0.2, 0.25) is 0 Å². The fraction of sp³-hybridized carbons (Fsp3) is 0.278. The molecule has 0 bridgehead atoms. The van der Waals surface area contributed by atoms with Gasteiger partial charge in [-0.15, -0.1) is 0 Å². The van der Waals surface area contributed by atoms with Crippen molar-refractivity contribution in [2.24, 2.45) is 5.92 Å². The molecule has 120 valence electrons. The number of hydrogen-bond donors (Lipinski definition) is 1. The fourth-order valence-electron chi connectivity index (χ4n) is 2.71. The van der Waals surface area contributed by atoms with E-state index < -0.39 is 5.82 Å². The molecule has 1 heterocycles. The normalized spacial score (nSPS) is 16.2. The van der Waals surface area contributed by atoms with E-state index in [9.17, 15) is 9.18 Å². The van der Waals surface area contributed by atoms with Gasteiger partial charge in [-0.2, -0.15) is 0 Å². The lowest BCUT2D eigenvalue weighted by Gasteiger charge is -2.25. The van der Waals surface area contributed by atoms with Crippen molar-refractivity contribution in [2.75, 3.05) is 20.3 Å². The van der Waals surface area contributed by atoms with Gasteiger partial charge in [0.25, 0.3) is 5.91 Å². The molecular formula is C18H18FNO3. The van der Waals surface area contributed by atoms with Crippen molar-refractivity contribution in [1.29, 1.82) is 0 Å². The van der Waals surface area contributed by atoms with E-state index in [-0.39, 0.29) is 17.4 Å². The van der Waals surface area contributed by atoms with E-state index in [4.69, 9.17) is 9.47 Å². The van der Waals surface area contributed by atoms with Crippen LogP contribution >= 0.6 is 0 Å². The smallest absolute Gasteiger partial charge is 0.255 e. The number of halogens is 1. The van der Waals surface area contributed by atoms with Gasteiger partial charge in [0.05, 0.1) is 19.3 Å². The molecule has 0 saturated heterocycles. The Morgan fingerprint density at radius 1 is 1.35 bits per heavy atom. The van der Waals surface area contributed by atoms with E-state index >= 15 is 0 Å². The maximum atomic E-state index is 13.3. The Hall–Kier alpha value is -2.56. The van der Waals surface area contributed by atoms with E-state index in [1.165, 1.54) is 25.3 Å². The molecule has 1 N–H and O–H groups in total. The Morgan fingerprint density at radius 3 is 3.00 bits per heavy atom. The highest BCUT2D eigenvalue weighted by Crippen LogP contribution is 2.26. The number of ether oxygens (including phenoxy) is 2. The number of carbonyl (C=O) groups is 1. The molecule has 2 aromatic rings. The Kier molecular flexibility index (Phi) is 4.46. The van der Waals surface area contributed by atoms with Crippen LogP contribution < -0.4 is 14.8 Å². The number of carbonyl (C=O) groups excluding carboxylic acids is 1. The minimum atomic E-state index is -0.467. The molecule has 1 atom stereocenters. The van der Waals surface area contributed by atoms with E-state index in [0.717, 1.165) is 17.7 Å². The van der Waals surface area contributed by atoms with Gasteiger partial charge in [0, 0.05) is 12.5 Å². The van der Waals surface area contributed by atoms with Gasteiger partial charge >= 0.3 is 0 Å². The average molecular weight is 315 g/mol. The van der Waals surface area contributed by atoms with Crippen molar-refractivity contribution in [3.05, 3.63) is 59.4 Å². The maximum Gasteiger partial charge on any atom is 0.255 e. The van der Waals surface area contributed by atoms with Crippen molar-refractivity contribution in [3.63, 3.8) is 0 Å². The summed E-state index contributed by atoms with van der Waals surface area (Å²) in [5.74, 6) is 0.635. The first kappa shape index (κ1) is 15.3. The van der Waals surface area contributed by atoms with Gasteiger partial charge in [-0.25, -0.2) is 4.39 Å². The van der Waals surface area contributed by atoms with Crippen LogP contribution in [0.15, 0.2) is 42.5 Å². The number of benzene rings is 2. The molecule has 0 aromatic heterocycles. The highest BCUT2D eigenvalue weighted by Gasteiger charge is 2.21. The van der Waals surface area contributed by atoms with E-state index in [1.807, 2.05) is 24.3 Å². The van der Waals surface area contributed by atoms with Crippen LogP contribution in [0, 0.1) is 11.7 Å². The lowest BCUT2D eigenvalue weighted by molar-refractivity contribution is 0.0935. The standard InChI is InChI=1S/C18H18FNO3/c1-22-17-7-6-14(19)9-15(17)18(21)20-10-12-8-13-4-2-3-5-16(13)23-11-12/h2-7,9,12H,8,10-11H2,1H3,(H,20,21). The second-order valence-corrected chi connectivity index (χ2v) is 5.54. The molecule has 5 heteroatoms. The van der Waals surface area contributed by atoms with Gasteiger partial charge < -0.3 is 14.8 Å². The molecule has 4 nitrogen and oxygen atoms in total. The SMILES string of the molecule is COc1ccc(F)cc1C(=O)NCC1COc2ccccc2C1. The van der Waals surface area contributed by atoms with E-state index in [0.29, 0.717) is 18.9 Å². The third-order valence-corrected chi connectivity index (χ3v) is 3.91. The first-order valence-electron chi connectivity index (χ1n) is 7.50. The van der Waals surface area contributed by atoms with Crippen LogP contribution in [0.1, 0.15) is 15.9 Å². The summed E-state index contributed by atoms with van der Waals surface area (Å²) in [5.41, 5.74) is 1.34. The minimum Gasteiger partial charge on any atom is -0.496 e. The van der Waals surface area contributed by atoms with Crippen molar-refractivity contribution in [2.45, 2.75) is 6.42 Å². The number of fused-ring (bicyclic) bond motifs is 1. The maximum absolute atomic E-state index is 13.3. The zero-order chi connectivity index (χ0) is 16.2. The third-order valence-electron chi connectivity index (χ3n) is 3.91. The highest BCUT2D eigenvalue weighted by atomic mass is 19.1. The molecule has 0 saturated carbocycles. The second kappa shape index (κ2) is 6.69. The summed E-state index contributed by atoms with van der Waals surface area (Å²) < 4.78 is 24.2. The lowest BCUT2D eigenvalue weighted by Crippen LogP contribution is -2.35. The largest absolute Gasteiger partial charge is 0.496 e. The van der Waals surface area contributed by atoms with Crippen LogP contribution in [0.5, 0.6) is 11.5 Å². The predicted octanol–water partition coefficient (Wildman–Crippen LogP) is 2.82. The molecule has 3 rings (SSSR count). The van der Waals surface area contributed by atoms with Crippen molar-refractivity contribution in [3.8, 4) is 11.5 Å². The predicted molar refractivity (Wildman–Crippen MR) is 84.4 cm³/mol. The number of rotatable bonds is 4. The molecule has 0 radical (unpaired) electrons. The molecule has 1 unspecified atom stereocenters. The zero-order valence-electron chi connectivity index (χ0n) is 12.8. The number of amides is 1. The number of nitrogens with one attached hydrogen (secondary N) is 1. The summed E-state index contributed by atoms with van der Waals surface area (Å²) in [6.07, 6.45) is 0.844. The molecule has 1 aliphatic heterocycles. The Morgan fingerprint density at radius 2 is 2.17 bits per heavy atom. The number of methoxy groups -OCH3 is 1. The van der Waals surface area contributed by atoms with Crippen molar-refractivity contribution in [1.82, 2.24) is 5.32 Å². The zero-order valence-corrected chi connectivity index (χ0v) is 12.8. The molecule has 0 aliphatic carbocycles. The van der Waals surface area contributed by atoms with E-state index in [1.54, 1.807) is 0 Å². The summed E-state index contributed by atoms with van der Waals surface area (Å²) >= 11 is 0. The van der Waals surface area contributed by atoms with Crippen LogP contribution in [-0.4, -0.2) is 26.2 Å². The fourth-order valence-corrected chi connectivity index (χ4v) is 2.71. The molecule has 0 fully saturated rings. The topological polar surface area (TPSA) is 47.6 Å². The average Bonchev–Trinajstić information content (AvgIpc) is 2.59. The Balaban J connectivity index is 1.63. The summed E-state index contributed by atoms with van der Waals surface area (Å²) in [5, 5.41) is 2.84. The molecule has 2 aromatic carbocycles. The lowest BCUT2D eigenvalue weighted by atomic mass is 9.96. The Labute approximate surface area is 134 Å². The second-order valence-electron chi connectivity index (χ2n) is 5.54.